The molecule has 4 radical (unpaired) electrons. The van der Waals surface area contributed by atoms with E-state index in [9.17, 15) is 0 Å². The second-order valence-corrected chi connectivity index (χ2v) is 1.86. The average molecular weight is 139 g/mol. The van der Waals surface area contributed by atoms with Crippen LogP contribution in [0.25, 0.3) is 0 Å². The van der Waals surface area contributed by atoms with Gasteiger partial charge in [0.05, 0.1) is 6.20 Å². The molecule has 44 valence electrons. The first-order chi connectivity index (χ1) is 4.22. The van der Waals surface area contributed by atoms with Gasteiger partial charge in [0, 0.05) is 19.4 Å². The standard InChI is InChI=1S/C6H3ClN2/c1-4-3-8-9-6(7)5(4)2/h1-3H. The van der Waals surface area contributed by atoms with Crippen molar-refractivity contribution < 1.29 is 0 Å². The Balaban J connectivity index is 3.25. The number of rotatable bonds is 0. The molecule has 0 atom stereocenters. The Bertz CT molecular complexity index is 202. The topological polar surface area (TPSA) is 25.8 Å². The van der Waals surface area contributed by atoms with Gasteiger partial charge in [0.1, 0.15) is 0 Å². The minimum atomic E-state index is 0.148. The van der Waals surface area contributed by atoms with Gasteiger partial charge in [-0.25, -0.2) is 0 Å². The van der Waals surface area contributed by atoms with Gasteiger partial charge in [-0.2, -0.15) is 5.10 Å². The first-order valence-corrected chi connectivity index (χ1v) is 2.61. The predicted molar refractivity (Wildman–Crippen MR) is 33.8 cm³/mol. The first kappa shape index (κ1) is 6.49. The lowest BCUT2D eigenvalue weighted by atomic mass is 10.2. The maximum absolute atomic E-state index is 5.44. The lowest BCUT2D eigenvalue weighted by Gasteiger charge is -1.95. The zero-order valence-electron chi connectivity index (χ0n) is 4.50. The van der Waals surface area contributed by atoms with E-state index in [-0.39, 0.29) is 10.7 Å². The smallest absolute Gasteiger partial charge is 0.155 e. The molecule has 0 N–H and O–H groups in total. The average Bonchev–Trinajstić information content (AvgIpc) is 1.83. The summed E-state index contributed by atoms with van der Waals surface area (Å²) in [7, 11) is 0. The molecule has 2 nitrogen and oxygen atoms in total. The number of halogens is 1. The molecule has 9 heavy (non-hydrogen) atoms. The van der Waals surface area contributed by atoms with Gasteiger partial charge in [0.2, 0.25) is 0 Å². The second-order valence-electron chi connectivity index (χ2n) is 1.50. The number of aromatic nitrogens is 2. The zero-order valence-corrected chi connectivity index (χ0v) is 5.26. The summed E-state index contributed by atoms with van der Waals surface area (Å²) in [6.07, 6.45) is 1.35. The van der Waals surface area contributed by atoms with Gasteiger partial charge in [-0.05, 0) is 5.56 Å². The maximum atomic E-state index is 5.44. The van der Waals surface area contributed by atoms with E-state index in [1.54, 1.807) is 0 Å². The molecule has 1 rings (SSSR count). The van der Waals surface area contributed by atoms with Crippen LogP contribution in [0.4, 0.5) is 0 Å². The van der Waals surface area contributed by atoms with E-state index in [1.807, 2.05) is 0 Å². The van der Waals surface area contributed by atoms with Gasteiger partial charge in [0.25, 0.3) is 0 Å². The third-order valence-corrected chi connectivity index (χ3v) is 1.15. The molecule has 0 saturated heterocycles. The van der Waals surface area contributed by atoms with Crippen LogP contribution in [-0.2, 0) is 0 Å². The molecule has 0 amide bonds. The molecule has 1 aromatic rings. The van der Waals surface area contributed by atoms with E-state index in [4.69, 9.17) is 25.4 Å². The minimum absolute atomic E-state index is 0.148. The summed E-state index contributed by atoms with van der Waals surface area (Å²) >= 11 is 5.44. The summed E-state index contributed by atoms with van der Waals surface area (Å²) in [6, 6.07) is 0. The van der Waals surface area contributed by atoms with Crippen LogP contribution >= 0.6 is 11.6 Å². The van der Waals surface area contributed by atoms with Crippen LogP contribution in [0.1, 0.15) is 11.1 Å². The lowest BCUT2D eigenvalue weighted by molar-refractivity contribution is 1.02. The normalized spacial score (nSPS) is 9.67. The Labute approximate surface area is 58.9 Å². The van der Waals surface area contributed by atoms with E-state index in [0.29, 0.717) is 5.56 Å². The maximum Gasteiger partial charge on any atom is 0.155 e. The summed E-state index contributed by atoms with van der Waals surface area (Å²) in [5.74, 6) is 0. The highest BCUT2D eigenvalue weighted by Gasteiger charge is 1.97. The van der Waals surface area contributed by atoms with Crippen LogP contribution in [0.3, 0.4) is 0 Å². The highest BCUT2D eigenvalue weighted by molar-refractivity contribution is 6.30. The fourth-order valence-corrected chi connectivity index (χ4v) is 0.537. The van der Waals surface area contributed by atoms with Gasteiger partial charge < -0.3 is 0 Å². The SMILES string of the molecule is [CH]c1cnnc(Cl)c1[CH]. The predicted octanol–water partition coefficient (Wildman–Crippen LogP) is 1.25. The van der Waals surface area contributed by atoms with E-state index in [1.165, 1.54) is 6.20 Å². The Kier molecular flexibility index (Phi) is 1.67. The molecule has 0 aliphatic heterocycles. The largest absolute Gasteiger partial charge is 0.157 e. The molecule has 0 aliphatic carbocycles. The van der Waals surface area contributed by atoms with E-state index in [2.05, 4.69) is 10.2 Å². The molecule has 0 unspecified atom stereocenters. The molecular weight excluding hydrogens is 136 g/mol. The monoisotopic (exact) mass is 138 g/mol. The minimum Gasteiger partial charge on any atom is -0.157 e. The fourth-order valence-electron chi connectivity index (χ4n) is 0.384. The molecule has 0 spiro atoms. The zero-order chi connectivity index (χ0) is 6.85. The number of hydrogen-bond donors (Lipinski definition) is 0. The summed E-state index contributed by atoms with van der Waals surface area (Å²) in [6.45, 7) is 10.6. The van der Waals surface area contributed by atoms with Crippen molar-refractivity contribution in [1.29, 1.82) is 0 Å². The van der Waals surface area contributed by atoms with Crippen molar-refractivity contribution in [2.24, 2.45) is 0 Å². The quantitative estimate of drug-likeness (QED) is 0.539. The van der Waals surface area contributed by atoms with Crippen molar-refractivity contribution in [3.63, 3.8) is 0 Å². The summed E-state index contributed by atoms with van der Waals surface area (Å²) in [4.78, 5) is 0. The third-order valence-electron chi connectivity index (χ3n) is 0.876. The Hall–Kier alpha value is -0.630. The van der Waals surface area contributed by atoms with Crippen molar-refractivity contribution in [2.45, 2.75) is 0 Å². The van der Waals surface area contributed by atoms with Crippen molar-refractivity contribution in [2.75, 3.05) is 0 Å². The third kappa shape index (κ3) is 1.19. The molecule has 1 heterocycles. The highest BCUT2D eigenvalue weighted by Crippen LogP contribution is 2.12. The summed E-state index contributed by atoms with van der Waals surface area (Å²) in [5, 5.41) is 7.06. The lowest BCUT2D eigenvalue weighted by Crippen LogP contribution is -1.88. The van der Waals surface area contributed by atoms with Gasteiger partial charge in [-0.3, -0.25) is 0 Å². The molecule has 3 heteroatoms. The Morgan fingerprint density at radius 3 is 2.56 bits per heavy atom. The molecule has 1 aromatic heterocycles. The van der Waals surface area contributed by atoms with Gasteiger partial charge in [0.15, 0.2) is 5.15 Å². The van der Waals surface area contributed by atoms with Crippen LogP contribution in [0, 0.1) is 13.8 Å². The molecular formula is C6H3ClN2. The van der Waals surface area contributed by atoms with E-state index < -0.39 is 0 Å². The van der Waals surface area contributed by atoms with Gasteiger partial charge in [-0.1, -0.05) is 11.6 Å². The Morgan fingerprint density at radius 2 is 2.11 bits per heavy atom. The van der Waals surface area contributed by atoms with Crippen LogP contribution in [0.5, 0.6) is 0 Å². The molecule has 0 bridgehead atoms. The van der Waals surface area contributed by atoms with Crippen LogP contribution in [-0.4, -0.2) is 10.2 Å². The van der Waals surface area contributed by atoms with Crippen molar-refractivity contribution in [3.05, 3.63) is 36.3 Å². The van der Waals surface area contributed by atoms with Crippen molar-refractivity contribution in [1.82, 2.24) is 10.2 Å². The highest BCUT2D eigenvalue weighted by atomic mass is 35.5. The second kappa shape index (κ2) is 2.31. The van der Waals surface area contributed by atoms with Crippen molar-refractivity contribution >= 4 is 11.6 Å². The van der Waals surface area contributed by atoms with Gasteiger partial charge in [-0.15, -0.1) is 5.10 Å². The fraction of sp³-hybridized carbons (Fsp3) is 0. The molecule has 0 aliphatic rings. The van der Waals surface area contributed by atoms with E-state index >= 15 is 0 Å². The van der Waals surface area contributed by atoms with Crippen molar-refractivity contribution in [3.8, 4) is 0 Å². The van der Waals surface area contributed by atoms with Crippen LogP contribution < -0.4 is 0 Å². The van der Waals surface area contributed by atoms with Crippen LogP contribution in [0.2, 0.25) is 5.15 Å². The summed E-state index contributed by atoms with van der Waals surface area (Å²) in [5.41, 5.74) is 0.640. The van der Waals surface area contributed by atoms with Crippen LogP contribution in [0.15, 0.2) is 6.20 Å². The number of hydrogen-bond acceptors (Lipinski definition) is 2. The Morgan fingerprint density at radius 1 is 1.44 bits per heavy atom. The summed E-state index contributed by atoms with van der Waals surface area (Å²) < 4.78 is 0. The molecule has 0 saturated carbocycles. The molecule has 0 fully saturated rings. The molecule has 0 aromatic carbocycles. The first-order valence-electron chi connectivity index (χ1n) is 2.24. The van der Waals surface area contributed by atoms with Gasteiger partial charge >= 0.3 is 0 Å². The van der Waals surface area contributed by atoms with E-state index in [0.717, 1.165) is 0 Å². The number of nitrogens with zero attached hydrogens (tertiary/aromatic N) is 2.